The Morgan fingerprint density at radius 2 is 1.60 bits per heavy atom. The van der Waals surface area contributed by atoms with Crippen molar-refractivity contribution < 1.29 is 0 Å². The molecule has 0 saturated carbocycles. The molecule has 0 aliphatic heterocycles. The van der Waals surface area contributed by atoms with Crippen LogP contribution in [0.3, 0.4) is 0 Å². The highest BCUT2D eigenvalue weighted by Gasteiger charge is 2.16. The highest BCUT2D eigenvalue weighted by atomic mass is 32.1. The van der Waals surface area contributed by atoms with E-state index in [0.29, 0.717) is 4.99 Å². The Kier molecular flexibility index (Phi) is 5.27. The van der Waals surface area contributed by atoms with Gasteiger partial charge in [-0.2, -0.15) is 0 Å². The van der Waals surface area contributed by atoms with Crippen LogP contribution in [0.15, 0.2) is 60.7 Å². The Hall–Kier alpha value is -1.71. The first-order valence-electron chi connectivity index (χ1n) is 6.73. The number of benzene rings is 2. The summed E-state index contributed by atoms with van der Waals surface area (Å²) in [7, 11) is 2.10. The molecule has 3 heteroatoms. The molecule has 2 aromatic carbocycles. The number of nitrogens with two attached hydrogens (primary N) is 1. The summed E-state index contributed by atoms with van der Waals surface area (Å²) in [6.45, 7) is 1.72. The molecule has 2 aromatic rings. The minimum absolute atomic E-state index is 0.0971. The van der Waals surface area contributed by atoms with Gasteiger partial charge >= 0.3 is 0 Å². The van der Waals surface area contributed by atoms with Crippen molar-refractivity contribution in [1.82, 2.24) is 4.90 Å². The number of nitrogens with zero attached hydrogens (tertiary/aromatic N) is 1. The van der Waals surface area contributed by atoms with E-state index < -0.39 is 0 Å². The molecule has 2 rings (SSSR count). The molecule has 104 valence electrons. The van der Waals surface area contributed by atoms with Crippen LogP contribution in [0, 0.1) is 0 Å². The molecule has 0 saturated heterocycles. The second-order valence-electron chi connectivity index (χ2n) is 5.05. The average Bonchev–Trinajstić information content (AvgIpc) is 2.46. The van der Waals surface area contributed by atoms with E-state index >= 15 is 0 Å². The molecule has 0 radical (unpaired) electrons. The number of hydrogen-bond donors (Lipinski definition) is 1. The van der Waals surface area contributed by atoms with Crippen molar-refractivity contribution in [1.29, 1.82) is 0 Å². The summed E-state index contributed by atoms with van der Waals surface area (Å²) >= 11 is 5.23. The maximum atomic E-state index is 5.92. The van der Waals surface area contributed by atoms with Crippen LogP contribution in [0.5, 0.6) is 0 Å². The molecular weight excluding hydrogens is 264 g/mol. The Labute approximate surface area is 126 Å². The lowest BCUT2D eigenvalue weighted by atomic mass is 9.98. The number of rotatable bonds is 6. The second kappa shape index (κ2) is 7.17. The van der Waals surface area contributed by atoms with E-state index in [-0.39, 0.29) is 5.92 Å². The van der Waals surface area contributed by atoms with Gasteiger partial charge in [-0.05, 0) is 18.2 Å². The molecule has 0 heterocycles. The third-order valence-electron chi connectivity index (χ3n) is 3.33. The van der Waals surface area contributed by atoms with Gasteiger partial charge < -0.3 is 10.6 Å². The summed E-state index contributed by atoms with van der Waals surface area (Å²) in [4.78, 5) is 2.81. The summed E-state index contributed by atoms with van der Waals surface area (Å²) in [5, 5.41) is 0. The highest BCUT2D eigenvalue weighted by Crippen LogP contribution is 2.18. The van der Waals surface area contributed by atoms with Crippen molar-refractivity contribution in [3.05, 3.63) is 71.8 Å². The first kappa shape index (κ1) is 14.7. The number of thiocarbonyl (C=S) groups is 1. The molecule has 0 spiro atoms. The Bertz CT molecular complexity index is 539. The summed E-state index contributed by atoms with van der Waals surface area (Å²) in [5.74, 6) is 0.0971. The zero-order valence-electron chi connectivity index (χ0n) is 11.7. The molecule has 0 bridgehead atoms. The van der Waals surface area contributed by atoms with E-state index in [9.17, 15) is 0 Å². The zero-order valence-corrected chi connectivity index (χ0v) is 12.5. The molecule has 0 aromatic heterocycles. The fourth-order valence-electron chi connectivity index (χ4n) is 2.32. The molecule has 2 nitrogen and oxygen atoms in total. The van der Waals surface area contributed by atoms with Gasteiger partial charge in [0, 0.05) is 19.0 Å². The third-order valence-corrected chi connectivity index (χ3v) is 3.62. The fraction of sp³-hybridized carbons (Fsp3) is 0.235. The number of likely N-dealkylation sites (N-methyl/N-ethyl adjacent to an activating group) is 1. The lowest BCUT2D eigenvalue weighted by Gasteiger charge is -2.23. The van der Waals surface area contributed by atoms with Gasteiger partial charge in [-0.3, -0.25) is 0 Å². The monoisotopic (exact) mass is 284 g/mol. The first-order valence-corrected chi connectivity index (χ1v) is 7.14. The standard InChI is InChI=1S/C17H20N2S/c1-19(12-14-8-4-2-5-9-14)13-16(17(18)20)15-10-6-3-7-11-15/h2-11,16H,12-13H2,1H3,(H2,18,20). The van der Waals surface area contributed by atoms with Crippen LogP contribution in [0.1, 0.15) is 17.0 Å². The van der Waals surface area contributed by atoms with Gasteiger partial charge in [-0.15, -0.1) is 0 Å². The van der Waals surface area contributed by atoms with Gasteiger partial charge in [0.25, 0.3) is 0 Å². The minimum Gasteiger partial charge on any atom is -0.393 e. The van der Waals surface area contributed by atoms with E-state index in [4.69, 9.17) is 18.0 Å². The first-order chi connectivity index (χ1) is 9.66. The van der Waals surface area contributed by atoms with E-state index in [1.165, 1.54) is 11.1 Å². The average molecular weight is 284 g/mol. The van der Waals surface area contributed by atoms with Crippen molar-refractivity contribution in [2.45, 2.75) is 12.5 Å². The van der Waals surface area contributed by atoms with Crippen molar-refractivity contribution in [3.63, 3.8) is 0 Å². The zero-order chi connectivity index (χ0) is 14.4. The summed E-state index contributed by atoms with van der Waals surface area (Å²) in [5.41, 5.74) is 8.39. The van der Waals surface area contributed by atoms with Gasteiger partial charge in [-0.25, -0.2) is 0 Å². The molecule has 1 unspecified atom stereocenters. The molecule has 2 N–H and O–H groups in total. The predicted octanol–water partition coefficient (Wildman–Crippen LogP) is 3.19. The fourth-order valence-corrected chi connectivity index (χ4v) is 2.53. The van der Waals surface area contributed by atoms with Crippen LogP contribution in [0.25, 0.3) is 0 Å². The van der Waals surface area contributed by atoms with E-state index in [1.54, 1.807) is 0 Å². The molecule has 0 fully saturated rings. The quantitative estimate of drug-likeness (QED) is 0.826. The summed E-state index contributed by atoms with van der Waals surface area (Å²) in [6.07, 6.45) is 0. The van der Waals surface area contributed by atoms with Crippen LogP contribution in [0.2, 0.25) is 0 Å². The summed E-state index contributed by atoms with van der Waals surface area (Å²) < 4.78 is 0. The van der Waals surface area contributed by atoms with E-state index in [1.807, 2.05) is 24.3 Å². The maximum absolute atomic E-state index is 5.92. The van der Waals surface area contributed by atoms with Gasteiger partial charge in [0.2, 0.25) is 0 Å². The lowest BCUT2D eigenvalue weighted by Crippen LogP contribution is -2.31. The van der Waals surface area contributed by atoms with Crippen LogP contribution in [0.4, 0.5) is 0 Å². The van der Waals surface area contributed by atoms with Crippen LogP contribution < -0.4 is 5.73 Å². The maximum Gasteiger partial charge on any atom is 0.0816 e. The Morgan fingerprint density at radius 1 is 1.05 bits per heavy atom. The van der Waals surface area contributed by atoms with Gasteiger partial charge in [0.1, 0.15) is 0 Å². The molecule has 1 atom stereocenters. The van der Waals surface area contributed by atoms with Crippen LogP contribution >= 0.6 is 12.2 Å². The normalized spacial score (nSPS) is 12.3. The smallest absolute Gasteiger partial charge is 0.0816 e. The van der Waals surface area contributed by atoms with E-state index in [0.717, 1.165) is 13.1 Å². The largest absolute Gasteiger partial charge is 0.393 e. The molecule has 0 aliphatic carbocycles. The van der Waals surface area contributed by atoms with Crippen molar-refractivity contribution in [2.75, 3.05) is 13.6 Å². The van der Waals surface area contributed by atoms with Gasteiger partial charge in [0.05, 0.1) is 4.99 Å². The highest BCUT2D eigenvalue weighted by molar-refractivity contribution is 7.80. The number of hydrogen-bond acceptors (Lipinski definition) is 2. The second-order valence-corrected chi connectivity index (χ2v) is 5.52. The molecular formula is C17H20N2S. The van der Waals surface area contributed by atoms with Crippen LogP contribution in [-0.4, -0.2) is 23.5 Å². The Morgan fingerprint density at radius 3 is 2.15 bits per heavy atom. The van der Waals surface area contributed by atoms with Crippen molar-refractivity contribution in [3.8, 4) is 0 Å². The predicted molar refractivity (Wildman–Crippen MR) is 88.7 cm³/mol. The third kappa shape index (κ3) is 4.15. The van der Waals surface area contributed by atoms with Crippen molar-refractivity contribution in [2.24, 2.45) is 5.73 Å². The van der Waals surface area contributed by atoms with Crippen molar-refractivity contribution >= 4 is 17.2 Å². The Balaban J connectivity index is 2.04. The molecule has 0 amide bonds. The minimum atomic E-state index is 0.0971. The lowest BCUT2D eigenvalue weighted by molar-refractivity contribution is 0.323. The summed E-state index contributed by atoms with van der Waals surface area (Å²) in [6, 6.07) is 20.6. The SMILES string of the molecule is CN(Cc1ccccc1)CC(C(N)=S)c1ccccc1. The topological polar surface area (TPSA) is 29.3 Å². The molecule has 20 heavy (non-hydrogen) atoms. The van der Waals surface area contributed by atoms with Crippen LogP contribution in [-0.2, 0) is 6.54 Å². The van der Waals surface area contributed by atoms with E-state index in [2.05, 4.69) is 48.3 Å². The van der Waals surface area contributed by atoms with Gasteiger partial charge in [0.15, 0.2) is 0 Å². The molecule has 0 aliphatic rings. The van der Waals surface area contributed by atoms with Gasteiger partial charge in [-0.1, -0.05) is 72.9 Å².